The third kappa shape index (κ3) is 3.35. The van der Waals surface area contributed by atoms with Crippen LogP contribution < -0.4 is 10.6 Å². The van der Waals surface area contributed by atoms with Gasteiger partial charge in [-0.05, 0) is 31.0 Å². The van der Waals surface area contributed by atoms with Gasteiger partial charge in [0.25, 0.3) is 0 Å². The maximum atomic E-state index is 16.6. The molecule has 1 aromatic carbocycles. The van der Waals surface area contributed by atoms with Crippen LogP contribution in [0.4, 0.5) is 19.7 Å². The molecule has 3 atom stereocenters. The number of nitrogens with zero attached hydrogens (tertiary/aromatic N) is 7. The minimum atomic E-state index is -0.600. The molecule has 4 fully saturated rings. The van der Waals surface area contributed by atoms with E-state index in [9.17, 15) is 9.65 Å². The summed E-state index contributed by atoms with van der Waals surface area (Å²) in [5.41, 5.74) is 8.08. The number of piperidine rings is 1. The Morgan fingerprint density at radius 2 is 1.90 bits per heavy atom. The number of pyridine rings is 1. The first-order valence-electron chi connectivity index (χ1n) is 13.5. The van der Waals surface area contributed by atoms with Gasteiger partial charge in [-0.2, -0.15) is 5.26 Å². The van der Waals surface area contributed by atoms with Gasteiger partial charge in [-0.3, -0.25) is 14.8 Å². The molecular formula is C28H26F2N8OS. The lowest BCUT2D eigenvalue weighted by Crippen LogP contribution is -2.68. The van der Waals surface area contributed by atoms with Gasteiger partial charge in [0.2, 0.25) is 5.95 Å². The molecule has 4 saturated heterocycles. The second-order valence-corrected chi connectivity index (χ2v) is 12.3. The number of benzene rings is 1. The van der Waals surface area contributed by atoms with Crippen LogP contribution in [0, 0.1) is 23.0 Å². The molecular weight excluding hydrogens is 534 g/mol. The summed E-state index contributed by atoms with van der Waals surface area (Å²) >= 11 is 0.963. The summed E-state index contributed by atoms with van der Waals surface area (Å²) in [4.78, 5) is 20.9. The number of fused-ring (bicyclic) bond motifs is 6. The number of hydrogen-bond acceptors (Lipinski definition) is 10. The fourth-order valence-corrected chi connectivity index (χ4v) is 7.96. The predicted octanol–water partition coefficient (Wildman–Crippen LogP) is 3.64. The van der Waals surface area contributed by atoms with Gasteiger partial charge in [0.1, 0.15) is 16.6 Å². The number of piperazine rings is 1. The van der Waals surface area contributed by atoms with Crippen molar-refractivity contribution in [1.82, 2.24) is 24.8 Å². The van der Waals surface area contributed by atoms with Crippen LogP contribution in [0.1, 0.15) is 29.5 Å². The molecule has 204 valence electrons. The number of halogens is 2. The average Bonchev–Trinajstić information content (AvgIpc) is 3.73. The number of nitrogens with two attached hydrogens (primary N) is 1. The van der Waals surface area contributed by atoms with E-state index in [4.69, 9.17) is 15.5 Å². The Morgan fingerprint density at radius 3 is 2.67 bits per heavy atom. The van der Waals surface area contributed by atoms with Crippen LogP contribution in [0.3, 0.4) is 0 Å². The lowest BCUT2D eigenvalue weighted by Gasteiger charge is -2.56. The van der Waals surface area contributed by atoms with Crippen molar-refractivity contribution in [3.63, 3.8) is 0 Å². The Morgan fingerprint density at radius 1 is 1.10 bits per heavy atom. The zero-order valence-electron chi connectivity index (χ0n) is 21.8. The lowest BCUT2D eigenvalue weighted by molar-refractivity contribution is -0.0623. The Hall–Kier alpha value is -3.50. The van der Waals surface area contributed by atoms with Gasteiger partial charge in [0.15, 0.2) is 11.6 Å². The fraction of sp³-hybridized carbons (Fsp3) is 0.429. The van der Waals surface area contributed by atoms with E-state index in [2.05, 4.69) is 37.8 Å². The SMILES string of the molecule is CN1C2CC1CN([C@@H]1CCN(c3ncc4c5c(c(-c6ncc(F)c7sc(N)c(C#N)c67)c(F)c4n3)COC5)C1)C2. The Labute approximate surface area is 232 Å². The highest BCUT2D eigenvalue weighted by Crippen LogP contribution is 2.45. The molecule has 0 aliphatic carbocycles. The van der Waals surface area contributed by atoms with E-state index in [0.717, 1.165) is 55.7 Å². The summed E-state index contributed by atoms with van der Waals surface area (Å²) in [5.74, 6) is -0.684. The molecule has 0 spiro atoms. The van der Waals surface area contributed by atoms with Gasteiger partial charge < -0.3 is 15.4 Å². The standard InChI is InChI=1S/C28H26F2N8OS/c1-36-14-4-15(36)10-38(9-14)13-2-3-37(8-13)28-34-6-17-18-11-39-12-19(18)21(23(30)24(17)35-28)25-22-16(5-31)27(32)40-26(22)20(29)7-33-25/h6-7,13-15H,2-4,8-12,32H2,1H3/t13-,14?,15?/m1/s1. The van der Waals surface area contributed by atoms with Gasteiger partial charge in [0.05, 0.1) is 35.4 Å². The van der Waals surface area contributed by atoms with E-state index in [0.29, 0.717) is 35.0 Å². The minimum absolute atomic E-state index is 0.0993. The van der Waals surface area contributed by atoms with Crippen molar-refractivity contribution in [3.05, 3.63) is 40.7 Å². The van der Waals surface area contributed by atoms with Crippen LogP contribution in [0.25, 0.3) is 32.2 Å². The third-order valence-corrected chi connectivity index (χ3v) is 10.3. The fourth-order valence-electron chi connectivity index (χ4n) is 7.04. The predicted molar refractivity (Wildman–Crippen MR) is 148 cm³/mol. The molecule has 0 radical (unpaired) electrons. The van der Waals surface area contributed by atoms with E-state index in [1.54, 1.807) is 6.20 Å². The molecule has 0 saturated carbocycles. The number of likely N-dealkylation sites (N-methyl/N-ethyl adjacent to an activating group) is 1. The van der Waals surface area contributed by atoms with E-state index < -0.39 is 11.6 Å². The van der Waals surface area contributed by atoms with Gasteiger partial charge in [-0.1, -0.05) is 0 Å². The zero-order chi connectivity index (χ0) is 27.3. The highest BCUT2D eigenvalue weighted by atomic mass is 32.1. The Balaban J connectivity index is 1.22. The first kappa shape index (κ1) is 24.3. The highest BCUT2D eigenvalue weighted by molar-refractivity contribution is 7.23. The molecule has 0 amide bonds. The lowest BCUT2D eigenvalue weighted by atomic mass is 9.87. The quantitative estimate of drug-likeness (QED) is 0.402. The van der Waals surface area contributed by atoms with Gasteiger partial charge >= 0.3 is 0 Å². The molecule has 5 aliphatic heterocycles. The molecule has 9 rings (SSSR count). The molecule has 5 aliphatic rings. The van der Waals surface area contributed by atoms with Gasteiger partial charge in [-0.15, -0.1) is 11.3 Å². The Bertz CT molecular complexity index is 1760. The van der Waals surface area contributed by atoms with E-state index in [1.807, 2.05) is 0 Å². The third-order valence-electron chi connectivity index (χ3n) is 9.28. The summed E-state index contributed by atoms with van der Waals surface area (Å²) in [7, 11) is 2.21. The van der Waals surface area contributed by atoms with E-state index in [-0.39, 0.29) is 50.6 Å². The molecule has 3 aromatic heterocycles. The van der Waals surface area contributed by atoms with Gasteiger partial charge in [-0.25, -0.2) is 18.7 Å². The zero-order valence-corrected chi connectivity index (χ0v) is 22.6. The summed E-state index contributed by atoms with van der Waals surface area (Å²) in [6, 6.07) is 3.77. The number of nitriles is 1. The normalized spacial score (nSPS) is 24.6. The van der Waals surface area contributed by atoms with Crippen molar-refractivity contribution in [2.45, 2.75) is 44.2 Å². The number of rotatable bonds is 3. The van der Waals surface area contributed by atoms with E-state index >= 15 is 4.39 Å². The van der Waals surface area contributed by atoms with Gasteiger partial charge in [0, 0.05) is 66.8 Å². The number of nitrogen functional groups attached to an aromatic ring is 1. The Kier molecular flexibility index (Phi) is 5.32. The van der Waals surface area contributed by atoms with Crippen LogP contribution >= 0.6 is 11.3 Å². The molecule has 12 heteroatoms. The van der Waals surface area contributed by atoms with Crippen LogP contribution in [-0.2, 0) is 18.0 Å². The van der Waals surface area contributed by atoms with Crippen molar-refractivity contribution in [1.29, 1.82) is 5.26 Å². The highest BCUT2D eigenvalue weighted by Gasteiger charge is 2.45. The first-order chi connectivity index (χ1) is 19.4. The second kappa shape index (κ2) is 8.75. The van der Waals surface area contributed by atoms with Crippen molar-refractivity contribution < 1.29 is 13.5 Å². The minimum Gasteiger partial charge on any atom is -0.389 e. The van der Waals surface area contributed by atoms with Crippen LogP contribution in [0.2, 0.25) is 0 Å². The number of aromatic nitrogens is 3. The molecule has 2 unspecified atom stereocenters. The number of ether oxygens (including phenoxy) is 1. The maximum absolute atomic E-state index is 16.6. The largest absolute Gasteiger partial charge is 0.389 e. The number of thiophene rings is 1. The summed E-state index contributed by atoms with van der Waals surface area (Å²) in [6.45, 7) is 4.23. The number of anilines is 2. The molecule has 4 aromatic rings. The summed E-state index contributed by atoms with van der Waals surface area (Å²) in [5, 5.41) is 10.8. The average molecular weight is 561 g/mol. The van der Waals surface area contributed by atoms with Crippen molar-refractivity contribution in [2.75, 3.05) is 43.9 Å². The smallest absolute Gasteiger partial charge is 0.226 e. The molecule has 8 heterocycles. The topological polar surface area (TPSA) is 107 Å². The first-order valence-corrected chi connectivity index (χ1v) is 14.3. The maximum Gasteiger partial charge on any atom is 0.226 e. The van der Waals surface area contributed by atoms with Crippen LogP contribution in [0.15, 0.2) is 12.4 Å². The van der Waals surface area contributed by atoms with Crippen LogP contribution in [-0.4, -0.2) is 76.1 Å². The second-order valence-electron chi connectivity index (χ2n) is 11.2. The molecule has 40 heavy (non-hydrogen) atoms. The van der Waals surface area contributed by atoms with E-state index in [1.165, 1.54) is 6.42 Å². The number of hydrogen-bond donors (Lipinski definition) is 1. The summed E-state index contributed by atoms with van der Waals surface area (Å²) < 4.78 is 37.2. The van der Waals surface area contributed by atoms with Crippen LogP contribution in [0.5, 0.6) is 0 Å². The van der Waals surface area contributed by atoms with Crippen molar-refractivity contribution in [2.24, 2.45) is 0 Å². The molecule has 9 nitrogen and oxygen atoms in total. The summed E-state index contributed by atoms with van der Waals surface area (Å²) in [6.07, 6.45) is 5.05. The monoisotopic (exact) mass is 560 g/mol. The van der Waals surface area contributed by atoms with Crippen molar-refractivity contribution >= 4 is 43.3 Å². The van der Waals surface area contributed by atoms with Crippen molar-refractivity contribution in [3.8, 4) is 17.3 Å². The molecule has 2 N–H and O–H groups in total. The molecule has 2 bridgehead atoms.